The van der Waals surface area contributed by atoms with Gasteiger partial charge in [0.05, 0.1) is 23.8 Å². The molecule has 2 N–H and O–H groups in total. The number of hydrogen-bond acceptors (Lipinski definition) is 4. The number of hydrogen-bond donors (Lipinski definition) is 2. The quantitative estimate of drug-likeness (QED) is 0.846. The van der Waals surface area contributed by atoms with Gasteiger partial charge in [-0.05, 0) is 47.0 Å². The van der Waals surface area contributed by atoms with Crippen LogP contribution in [0.4, 0.5) is 0 Å². The molecule has 0 heterocycles. The molecule has 4 nitrogen and oxygen atoms in total. The molecular formula is C13H19BrO4. The van der Waals surface area contributed by atoms with E-state index in [2.05, 4.69) is 15.9 Å². The lowest BCUT2D eigenvalue weighted by Crippen LogP contribution is -2.31. The topological polar surface area (TPSA) is 58.9 Å². The van der Waals surface area contributed by atoms with Gasteiger partial charge >= 0.3 is 0 Å². The summed E-state index contributed by atoms with van der Waals surface area (Å²) in [5.41, 5.74) is -0.145. The summed E-state index contributed by atoms with van der Waals surface area (Å²) < 4.78 is 11.5. The minimum atomic E-state index is -0.875. The minimum absolute atomic E-state index is 0.0675. The van der Waals surface area contributed by atoms with Crippen molar-refractivity contribution in [1.29, 1.82) is 0 Å². The first-order valence-corrected chi connectivity index (χ1v) is 6.55. The molecule has 0 radical (unpaired) electrons. The monoisotopic (exact) mass is 318 g/mol. The Kier molecular flexibility index (Phi) is 5.44. The third-order valence-electron chi connectivity index (χ3n) is 2.76. The summed E-state index contributed by atoms with van der Waals surface area (Å²) in [6.07, 6.45) is 0.599. The van der Waals surface area contributed by atoms with Crippen molar-refractivity contribution >= 4 is 15.9 Å². The van der Waals surface area contributed by atoms with Crippen molar-refractivity contribution in [3.63, 3.8) is 0 Å². The molecule has 18 heavy (non-hydrogen) atoms. The van der Waals surface area contributed by atoms with Crippen LogP contribution in [0.3, 0.4) is 0 Å². The summed E-state index contributed by atoms with van der Waals surface area (Å²) in [4.78, 5) is 0. The van der Waals surface area contributed by atoms with Crippen LogP contribution in [0.2, 0.25) is 0 Å². The number of methoxy groups -OCH3 is 1. The molecule has 1 aromatic rings. The molecule has 102 valence electrons. The SMILES string of the molecule is CCC(C)(O)COc1c(Br)cc(CO)cc1OC. The van der Waals surface area contributed by atoms with Crippen molar-refractivity contribution in [2.24, 2.45) is 0 Å². The number of rotatable bonds is 6. The van der Waals surface area contributed by atoms with E-state index in [0.717, 1.165) is 5.56 Å². The fourth-order valence-electron chi connectivity index (χ4n) is 1.33. The number of aliphatic hydroxyl groups is 2. The standard InChI is InChI=1S/C13H19BrO4/c1-4-13(2,16)8-18-12-10(14)5-9(7-15)6-11(12)17-3/h5-6,15-16H,4,7-8H2,1-3H3. The molecule has 1 aromatic carbocycles. The van der Waals surface area contributed by atoms with Crippen LogP contribution in [0.25, 0.3) is 0 Å². The molecule has 0 aromatic heterocycles. The highest BCUT2D eigenvalue weighted by atomic mass is 79.9. The van der Waals surface area contributed by atoms with Gasteiger partial charge in [0.25, 0.3) is 0 Å². The van der Waals surface area contributed by atoms with E-state index >= 15 is 0 Å². The molecule has 0 spiro atoms. The number of benzene rings is 1. The maximum absolute atomic E-state index is 9.92. The smallest absolute Gasteiger partial charge is 0.175 e. The van der Waals surface area contributed by atoms with Crippen LogP contribution >= 0.6 is 15.9 Å². The second kappa shape index (κ2) is 6.41. The molecule has 0 aliphatic heterocycles. The Morgan fingerprint density at radius 2 is 2.06 bits per heavy atom. The highest BCUT2D eigenvalue weighted by molar-refractivity contribution is 9.10. The molecule has 0 saturated heterocycles. The zero-order chi connectivity index (χ0) is 13.8. The lowest BCUT2D eigenvalue weighted by Gasteiger charge is -2.23. The molecule has 0 aliphatic carbocycles. The number of ether oxygens (including phenoxy) is 2. The van der Waals surface area contributed by atoms with E-state index < -0.39 is 5.60 Å². The van der Waals surface area contributed by atoms with Crippen molar-refractivity contribution in [3.05, 3.63) is 22.2 Å². The lowest BCUT2D eigenvalue weighted by molar-refractivity contribution is 0.00749. The van der Waals surface area contributed by atoms with Crippen LogP contribution in [-0.4, -0.2) is 29.5 Å². The summed E-state index contributed by atoms with van der Waals surface area (Å²) in [5.74, 6) is 1.06. The molecule has 0 fully saturated rings. The largest absolute Gasteiger partial charge is 0.493 e. The third-order valence-corrected chi connectivity index (χ3v) is 3.35. The van der Waals surface area contributed by atoms with E-state index in [1.165, 1.54) is 7.11 Å². The van der Waals surface area contributed by atoms with Crippen molar-refractivity contribution in [1.82, 2.24) is 0 Å². The van der Waals surface area contributed by atoms with E-state index in [4.69, 9.17) is 14.6 Å². The Morgan fingerprint density at radius 1 is 1.39 bits per heavy atom. The van der Waals surface area contributed by atoms with Gasteiger partial charge in [-0.2, -0.15) is 0 Å². The Bertz CT molecular complexity index is 404. The van der Waals surface area contributed by atoms with Crippen LogP contribution in [0.15, 0.2) is 16.6 Å². The summed E-state index contributed by atoms with van der Waals surface area (Å²) in [6, 6.07) is 3.47. The highest BCUT2D eigenvalue weighted by Gasteiger charge is 2.21. The molecule has 5 heteroatoms. The summed E-state index contributed by atoms with van der Waals surface area (Å²) in [7, 11) is 1.54. The van der Waals surface area contributed by atoms with Gasteiger partial charge in [-0.15, -0.1) is 0 Å². The van der Waals surface area contributed by atoms with Crippen LogP contribution in [0.1, 0.15) is 25.8 Å². The summed E-state index contributed by atoms with van der Waals surface area (Å²) in [6.45, 7) is 3.72. The molecule has 1 rings (SSSR count). The molecule has 1 atom stereocenters. The van der Waals surface area contributed by atoms with Gasteiger partial charge in [0.15, 0.2) is 11.5 Å². The van der Waals surface area contributed by atoms with Crippen molar-refractivity contribution < 1.29 is 19.7 Å². The Morgan fingerprint density at radius 3 is 2.56 bits per heavy atom. The van der Waals surface area contributed by atoms with Gasteiger partial charge in [0.2, 0.25) is 0 Å². The van der Waals surface area contributed by atoms with Gasteiger partial charge in [-0.3, -0.25) is 0 Å². The summed E-state index contributed by atoms with van der Waals surface area (Å²) in [5, 5.41) is 19.0. The molecule has 0 bridgehead atoms. The molecule has 0 amide bonds. The lowest BCUT2D eigenvalue weighted by atomic mass is 10.1. The van der Waals surface area contributed by atoms with Crippen molar-refractivity contribution in [2.75, 3.05) is 13.7 Å². The van der Waals surface area contributed by atoms with E-state index in [1.54, 1.807) is 19.1 Å². The van der Waals surface area contributed by atoms with E-state index in [-0.39, 0.29) is 13.2 Å². The van der Waals surface area contributed by atoms with Gasteiger partial charge < -0.3 is 19.7 Å². The predicted molar refractivity (Wildman–Crippen MR) is 73.0 cm³/mol. The van der Waals surface area contributed by atoms with Crippen molar-refractivity contribution in [2.45, 2.75) is 32.5 Å². The second-order valence-corrected chi connectivity index (χ2v) is 5.26. The average molecular weight is 319 g/mol. The van der Waals surface area contributed by atoms with E-state index in [0.29, 0.717) is 22.4 Å². The van der Waals surface area contributed by atoms with Gasteiger partial charge in [-0.1, -0.05) is 6.92 Å². The molecule has 0 aliphatic rings. The third kappa shape index (κ3) is 3.86. The zero-order valence-corrected chi connectivity index (χ0v) is 12.5. The normalized spacial score (nSPS) is 14.1. The fourth-order valence-corrected chi connectivity index (χ4v) is 1.94. The first-order valence-electron chi connectivity index (χ1n) is 5.76. The molecule has 1 unspecified atom stereocenters. The average Bonchev–Trinajstić information content (AvgIpc) is 2.36. The molecule has 0 saturated carbocycles. The second-order valence-electron chi connectivity index (χ2n) is 4.41. The zero-order valence-electron chi connectivity index (χ0n) is 10.9. The fraction of sp³-hybridized carbons (Fsp3) is 0.538. The predicted octanol–water partition coefficient (Wildman–Crippen LogP) is 2.49. The van der Waals surface area contributed by atoms with Crippen molar-refractivity contribution in [3.8, 4) is 11.5 Å². The van der Waals surface area contributed by atoms with Crippen LogP contribution < -0.4 is 9.47 Å². The van der Waals surface area contributed by atoms with Gasteiger partial charge in [-0.25, -0.2) is 0 Å². The highest BCUT2D eigenvalue weighted by Crippen LogP contribution is 2.37. The maximum Gasteiger partial charge on any atom is 0.175 e. The summed E-state index contributed by atoms with van der Waals surface area (Å²) >= 11 is 3.37. The van der Waals surface area contributed by atoms with Crippen LogP contribution in [0.5, 0.6) is 11.5 Å². The minimum Gasteiger partial charge on any atom is -0.493 e. The Hall–Kier alpha value is -0.780. The van der Waals surface area contributed by atoms with Crippen LogP contribution in [0, 0.1) is 0 Å². The van der Waals surface area contributed by atoms with Gasteiger partial charge in [0.1, 0.15) is 6.61 Å². The van der Waals surface area contributed by atoms with Crippen LogP contribution in [-0.2, 0) is 6.61 Å². The first kappa shape index (κ1) is 15.3. The first-order chi connectivity index (χ1) is 8.43. The maximum atomic E-state index is 9.92. The Balaban J connectivity index is 2.94. The molecular weight excluding hydrogens is 300 g/mol. The van der Waals surface area contributed by atoms with E-state index in [9.17, 15) is 5.11 Å². The number of aliphatic hydroxyl groups excluding tert-OH is 1. The van der Waals surface area contributed by atoms with E-state index in [1.807, 2.05) is 6.92 Å². The Labute approximate surface area is 116 Å². The van der Waals surface area contributed by atoms with Gasteiger partial charge in [0, 0.05) is 0 Å². The number of halogens is 1.